The quantitative estimate of drug-likeness (QED) is 0.716. The Morgan fingerprint density at radius 1 is 1.08 bits per heavy atom. The minimum atomic E-state index is -0.488. The summed E-state index contributed by atoms with van der Waals surface area (Å²) in [5.74, 6) is -0.557. The number of aryl methyl sites for hydroxylation is 1. The van der Waals surface area contributed by atoms with Gasteiger partial charge < -0.3 is 14.6 Å². The third kappa shape index (κ3) is 3.08. The molecule has 5 nitrogen and oxygen atoms in total. The van der Waals surface area contributed by atoms with Crippen LogP contribution in [0.2, 0.25) is 0 Å². The fourth-order valence-corrected chi connectivity index (χ4v) is 3.05. The van der Waals surface area contributed by atoms with Gasteiger partial charge in [0.2, 0.25) is 5.91 Å². The van der Waals surface area contributed by atoms with Crippen molar-refractivity contribution in [1.82, 2.24) is 4.57 Å². The van der Waals surface area contributed by atoms with Gasteiger partial charge in [-0.3, -0.25) is 4.79 Å². The highest BCUT2D eigenvalue weighted by Gasteiger charge is 2.22. The predicted octanol–water partition coefficient (Wildman–Crippen LogP) is 4.24. The van der Waals surface area contributed by atoms with Crippen LogP contribution in [-0.2, 0) is 9.53 Å². The van der Waals surface area contributed by atoms with E-state index in [0.717, 1.165) is 27.7 Å². The highest BCUT2D eigenvalue weighted by Crippen LogP contribution is 2.26. The van der Waals surface area contributed by atoms with E-state index in [4.69, 9.17) is 4.74 Å². The average molecular weight is 350 g/mol. The van der Waals surface area contributed by atoms with E-state index < -0.39 is 12.0 Å². The van der Waals surface area contributed by atoms with Crippen molar-refractivity contribution < 1.29 is 14.3 Å². The Morgan fingerprint density at radius 2 is 1.81 bits per heavy atom. The molecule has 0 aliphatic rings. The lowest BCUT2D eigenvalue weighted by Crippen LogP contribution is -2.23. The van der Waals surface area contributed by atoms with Crippen LogP contribution in [0.15, 0.2) is 48.7 Å². The second-order valence-electron chi connectivity index (χ2n) is 6.37. The molecular weight excluding hydrogens is 328 g/mol. The topological polar surface area (TPSA) is 60.3 Å². The number of carbonyl (C=O) groups excluding carboxylic acids is 2. The lowest BCUT2D eigenvalue weighted by atomic mass is 10.1. The number of nitrogens with zero attached hydrogens (tertiary/aromatic N) is 1. The van der Waals surface area contributed by atoms with Gasteiger partial charge >= 0.3 is 5.97 Å². The molecule has 26 heavy (non-hydrogen) atoms. The predicted molar refractivity (Wildman–Crippen MR) is 103 cm³/mol. The zero-order valence-electron chi connectivity index (χ0n) is 15.4. The number of hydrogen-bond donors (Lipinski definition) is 1. The number of aromatic nitrogens is 1. The molecule has 134 valence electrons. The minimum absolute atomic E-state index is 0.143. The first-order valence-corrected chi connectivity index (χ1v) is 8.49. The lowest BCUT2D eigenvalue weighted by Gasteiger charge is -2.17. The number of fused-ring (bicyclic) bond motifs is 1. The van der Waals surface area contributed by atoms with Crippen molar-refractivity contribution in [2.45, 2.75) is 26.8 Å². The van der Waals surface area contributed by atoms with Gasteiger partial charge in [0.25, 0.3) is 0 Å². The van der Waals surface area contributed by atoms with Crippen molar-refractivity contribution in [3.63, 3.8) is 0 Å². The maximum absolute atomic E-state index is 12.8. The minimum Gasteiger partial charge on any atom is -0.465 e. The fourth-order valence-electron chi connectivity index (χ4n) is 3.05. The SMILES string of the molecule is COC(=O)c1cn([C@H](C)C(=O)Nc2cccc(C)c2C)c2ccccc12. The molecule has 0 bridgehead atoms. The monoisotopic (exact) mass is 350 g/mol. The number of anilines is 1. The van der Waals surface area contributed by atoms with Crippen LogP contribution in [0, 0.1) is 13.8 Å². The van der Waals surface area contributed by atoms with Crippen molar-refractivity contribution in [2.75, 3.05) is 12.4 Å². The summed E-state index contributed by atoms with van der Waals surface area (Å²) in [7, 11) is 1.35. The smallest absolute Gasteiger partial charge is 0.340 e. The summed E-state index contributed by atoms with van der Waals surface area (Å²) >= 11 is 0. The van der Waals surface area contributed by atoms with Crippen molar-refractivity contribution in [2.24, 2.45) is 0 Å². The molecule has 3 aromatic rings. The second-order valence-corrected chi connectivity index (χ2v) is 6.37. The molecule has 0 spiro atoms. The van der Waals surface area contributed by atoms with Crippen LogP contribution in [0.4, 0.5) is 5.69 Å². The number of amides is 1. The van der Waals surface area contributed by atoms with E-state index in [-0.39, 0.29) is 5.91 Å². The third-order valence-electron chi connectivity index (χ3n) is 4.81. The summed E-state index contributed by atoms with van der Waals surface area (Å²) in [4.78, 5) is 24.9. The molecule has 1 heterocycles. The second kappa shape index (κ2) is 7.04. The van der Waals surface area contributed by atoms with Crippen LogP contribution < -0.4 is 5.32 Å². The molecule has 0 aliphatic carbocycles. The van der Waals surface area contributed by atoms with Crippen LogP contribution in [0.25, 0.3) is 10.9 Å². The van der Waals surface area contributed by atoms with Gasteiger partial charge in [-0.15, -0.1) is 0 Å². The van der Waals surface area contributed by atoms with Gasteiger partial charge in [0.1, 0.15) is 6.04 Å². The Bertz CT molecular complexity index is 988. The Balaban J connectivity index is 1.97. The van der Waals surface area contributed by atoms with E-state index in [1.807, 2.05) is 67.8 Å². The molecule has 1 amide bonds. The number of para-hydroxylation sites is 1. The highest BCUT2D eigenvalue weighted by molar-refractivity contribution is 6.05. The molecule has 3 rings (SSSR count). The number of rotatable bonds is 4. The first kappa shape index (κ1) is 17.7. The number of hydrogen-bond acceptors (Lipinski definition) is 3. The normalized spacial score (nSPS) is 12.0. The van der Waals surface area contributed by atoms with Crippen molar-refractivity contribution in [3.05, 3.63) is 65.4 Å². The third-order valence-corrected chi connectivity index (χ3v) is 4.81. The van der Waals surface area contributed by atoms with Crippen LogP contribution in [0.5, 0.6) is 0 Å². The Morgan fingerprint density at radius 3 is 2.54 bits per heavy atom. The molecule has 0 fully saturated rings. The number of ether oxygens (including phenoxy) is 1. The first-order chi connectivity index (χ1) is 12.4. The number of esters is 1. The molecule has 1 N–H and O–H groups in total. The Kier molecular flexibility index (Phi) is 4.80. The standard InChI is InChI=1S/C21H22N2O3/c1-13-8-7-10-18(14(13)2)22-20(24)15(3)23-12-17(21(25)26-4)16-9-5-6-11-19(16)23/h5-12,15H,1-4H3,(H,22,24)/t15-/m1/s1. The lowest BCUT2D eigenvalue weighted by molar-refractivity contribution is -0.118. The van der Waals surface area contributed by atoms with E-state index in [9.17, 15) is 9.59 Å². The van der Waals surface area contributed by atoms with Gasteiger partial charge in [-0.25, -0.2) is 4.79 Å². The molecule has 2 aromatic carbocycles. The molecule has 1 atom stereocenters. The summed E-state index contributed by atoms with van der Waals surface area (Å²) < 4.78 is 6.68. The van der Waals surface area contributed by atoms with Gasteiger partial charge in [-0.1, -0.05) is 30.3 Å². The maximum atomic E-state index is 12.8. The molecule has 0 saturated carbocycles. The zero-order chi connectivity index (χ0) is 18.8. The summed E-state index contributed by atoms with van der Waals surface area (Å²) in [6.07, 6.45) is 1.68. The summed E-state index contributed by atoms with van der Waals surface area (Å²) in [6.45, 7) is 5.81. The number of carbonyl (C=O) groups is 2. The van der Waals surface area contributed by atoms with Gasteiger partial charge in [0, 0.05) is 22.8 Å². The molecule has 1 aromatic heterocycles. The van der Waals surface area contributed by atoms with Crippen LogP contribution >= 0.6 is 0 Å². The average Bonchev–Trinajstić information content (AvgIpc) is 3.04. The number of nitrogens with one attached hydrogen (secondary N) is 1. The van der Waals surface area contributed by atoms with Crippen molar-refractivity contribution >= 4 is 28.5 Å². The fraction of sp³-hybridized carbons (Fsp3) is 0.238. The molecule has 0 unspecified atom stereocenters. The van der Waals surface area contributed by atoms with Gasteiger partial charge in [-0.05, 0) is 44.0 Å². The van der Waals surface area contributed by atoms with E-state index in [1.54, 1.807) is 6.20 Å². The number of benzene rings is 2. The highest BCUT2D eigenvalue weighted by atomic mass is 16.5. The van der Waals surface area contributed by atoms with Gasteiger partial charge in [0.05, 0.1) is 12.7 Å². The Labute approximate surface area is 152 Å². The van der Waals surface area contributed by atoms with Crippen molar-refractivity contribution in [1.29, 1.82) is 0 Å². The van der Waals surface area contributed by atoms with Gasteiger partial charge in [0.15, 0.2) is 0 Å². The van der Waals surface area contributed by atoms with E-state index >= 15 is 0 Å². The summed E-state index contributed by atoms with van der Waals surface area (Å²) in [5.41, 5.74) is 4.23. The van der Waals surface area contributed by atoms with E-state index in [0.29, 0.717) is 5.56 Å². The summed E-state index contributed by atoms with van der Waals surface area (Å²) in [5, 5.41) is 3.76. The van der Waals surface area contributed by atoms with Crippen LogP contribution in [-0.4, -0.2) is 23.6 Å². The van der Waals surface area contributed by atoms with Gasteiger partial charge in [-0.2, -0.15) is 0 Å². The van der Waals surface area contributed by atoms with Crippen molar-refractivity contribution in [3.8, 4) is 0 Å². The number of methoxy groups -OCH3 is 1. The molecule has 5 heteroatoms. The zero-order valence-corrected chi connectivity index (χ0v) is 15.4. The van der Waals surface area contributed by atoms with E-state index in [1.165, 1.54) is 7.11 Å². The molecular formula is C21H22N2O3. The van der Waals surface area contributed by atoms with Crippen LogP contribution in [0.3, 0.4) is 0 Å². The Hall–Kier alpha value is -3.08. The summed E-state index contributed by atoms with van der Waals surface area (Å²) in [6, 6.07) is 12.8. The van der Waals surface area contributed by atoms with E-state index in [2.05, 4.69) is 5.32 Å². The molecule has 0 saturated heterocycles. The van der Waals surface area contributed by atoms with Crippen LogP contribution in [0.1, 0.15) is 34.5 Å². The molecule has 0 aliphatic heterocycles. The maximum Gasteiger partial charge on any atom is 0.340 e. The largest absolute Gasteiger partial charge is 0.465 e. The molecule has 0 radical (unpaired) electrons. The first-order valence-electron chi connectivity index (χ1n) is 8.49.